The lowest BCUT2D eigenvalue weighted by molar-refractivity contribution is 0.216. The Bertz CT molecular complexity index is 1070. The summed E-state index contributed by atoms with van der Waals surface area (Å²) >= 11 is 6.06. The zero-order chi connectivity index (χ0) is 21.8. The number of carbonyl (C=O) groups is 1. The number of aryl methyl sites for hydroxylation is 2. The largest absolute Gasteiger partial charge is 0.473 e. The molecule has 0 atom stereocenters. The molecule has 30 heavy (non-hydrogen) atoms. The zero-order valence-corrected chi connectivity index (χ0v) is 17.8. The van der Waals surface area contributed by atoms with Gasteiger partial charge in [-0.15, -0.1) is 0 Å². The van der Waals surface area contributed by atoms with Crippen molar-refractivity contribution in [1.82, 2.24) is 9.99 Å². The first-order chi connectivity index (χ1) is 14.3. The number of hydrazine groups is 2. The fraction of sp³-hybridized carbons (Fsp3) is 0.182. The fourth-order valence-corrected chi connectivity index (χ4v) is 3.31. The van der Waals surface area contributed by atoms with Crippen molar-refractivity contribution in [3.63, 3.8) is 0 Å². The second-order valence-electron chi connectivity index (χ2n) is 6.95. The van der Waals surface area contributed by atoms with Crippen molar-refractivity contribution < 1.29 is 9.53 Å². The van der Waals surface area contributed by atoms with E-state index in [2.05, 4.69) is 4.98 Å². The third-order valence-electron chi connectivity index (χ3n) is 4.71. The predicted octanol–water partition coefficient (Wildman–Crippen LogP) is 4.20. The smallest absolute Gasteiger partial charge is 0.352 e. The van der Waals surface area contributed by atoms with Crippen LogP contribution in [0.3, 0.4) is 0 Å². The number of hydrogen-bond acceptors (Lipinski definition) is 5. The van der Waals surface area contributed by atoms with Crippen LogP contribution in [0.15, 0.2) is 54.6 Å². The molecule has 0 fully saturated rings. The van der Waals surface area contributed by atoms with Crippen molar-refractivity contribution in [1.29, 1.82) is 0 Å². The number of urea groups is 1. The quantitative estimate of drug-likeness (QED) is 0.362. The van der Waals surface area contributed by atoms with Gasteiger partial charge in [0.15, 0.2) is 0 Å². The Hall–Kier alpha value is -3.13. The van der Waals surface area contributed by atoms with Crippen molar-refractivity contribution in [3.8, 4) is 17.1 Å². The summed E-state index contributed by atoms with van der Waals surface area (Å²) in [6.45, 7) is 4.10. The molecule has 1 heterocycles. The average Bonchev–Trinajstić information content (AvgIpc) is 2.71. The van der Waals surface area contributed by atoms with E-state index in [0.717, 1.165) is 38.0 Å². The van der Waals surface area contributed by atoms with Gasteiger partial charge in [0.2, 0.25) is 5.88 Å². The maximum atomic E-state index is 12.2. The summed E-state index contributed by atoms with van der Waals surface area (Å²) in [7, 11) is 1.43. The molecular formula is C22H24ClN5O2. The van der Waals surface area contributed by atoms with Crippen LogP contribution in [0.1, 0.15) is 16.7 Å². The highest BCUT2D eigenvalue weighted by atomic mass is 35.5. The van der Waals surface area contributed by atoms with E-state index in [9.17, 15) is 4.79 Å². The summed E-state index contributed by atoms with van der Waals surface area (Å²) in [5, 5.41) is 2.61. The monoisotopic (exact) mass is 425 g/mol. The molecule has 3 rings (SSSR count). The summed E-state index contributed by atoms with van der Waals surface area (Å²) in [6.07, 6.45) is 0. The Kier molecular flexibility index (Phi) is 6.56. The van der Waals surface area contributed by atoms with Crippen molar-refractivity contribution in [3.05, 3.63) is 76.3 Å². The van der Waals surface area contributed by atoms with Gasteiger partial charge in [-0.05, 0) is 49.2 Å². The van der Waals surface area contributed by atoms with E-state index in [1.165, 1.54) is 7.05 Å². The van der Waals surface area contributed by atoms with E-state index < -0.39 is 6.03 Å². The normalized spacial score (nSPS) is 10.6. The first kappa shape index (κ1) is 21.6. The Balaban J connectivity index is 1.85. The highest BCUT2D eigenvalue weighted by Gasteiger charge is 2.19. The second-order valence-corrected chi connectivity index (χ2v) is 7.38. The van der Waals surface area contributed by atoms with E-state index in [1.54, 1.807) is 12.1 Å². The fourth-order valence-electron chi connectivity index (χ4n) is 3.08. The minimum atomic E-state index is -0.541. The topological polar surface area (TPSA) is 97.7 Å². The van der Waals surface area contributed by atoms with Crippen LogP contribution in [0.2, 0.25) is 5.02 Å². The van der Waals surface area contributed by atoms with Gasteiger partial charge in [-0.1, -0.05) is 35.9 Å². The Labute approximate surface area is 180 Å². The van der Waals surface area contributed by atoms with Gasteiger partial charge in [-0.3, -0.25) is 5.01 Å². The third-order valence-corrected chi connectivity index (χ3v) is 4.94. The van der Waals surface area contributed by atoms with E-state index in [-0.39, 0.29) is 6.61 Å². The van der Waals surface area contributed by atoms with Crippen molar-refractivity contribution >= 4 is 23.3 Å². The predicted molar refractivity (Wildman–Crippen MR) is 119 cm³/mol. The van der Waals surface area contributed by atoms with Crippen LogP contribution < -0.4 is 21.4 Å². The summed E-state index contributed by atoms with van der Waals surface area (Å²) < 4.78 is 5.95. The van der Waals surface area contributed by atoms with Gasteiger partial charge in [-0.25, -0.2) is 26.5 Å². The van der Waals surface area contributed by atoms with E-state index in [4.69, 9.17) is 28.0 Å². The van der Waals surface area contributed by atoms with Gasteiger partial charge in [0.1, 0.15) is 6.61 Å². The van der Waals surface area contributed by atoms with Gasteiger partial charge in [0.25, 0.3) is 0 Å². The van der Waals surface area contributed by atoms with Crippen LogP contribution >= 0.6 is 11.6 Å². The van der Waals surface area contributed by atoms with Crippen LogP contribution in [0.25, 0.3) is 11.3 Å². The number of benzene rings is 2. The molecule has 0 aliphatic heterocycles. The number of nitrogens with two attached hydrogens (primary N) is 2. The number of aromatic nitrogens is 1. The molecule has 0 spiro atoms. The molecule has 2 aromatic carbocycles. The molecule has 0 radical (unpaired) electrons. The van der Waals surface area contributed by atoms with E-state index in [1.807, 2.05) is 56.3 Å². The highest BCUT2D eigenvalue weighted by Crippen LogP contribution is 2.27. The molecule has 0 aliphatic carbocycles. The molecule has 8 heteroatoms. The molecular weight excluding hydrogens is 402 g/mol. The summed E-state index contributed by atoms with van der Waals surface area (Å²) in [5.41, 5.74) is 5.00. The number of ether oxygens (including phenoxy) is 1. The van der Waals surface area contributed by atoms with Crippen molar-refractivity contribution in [2.24, 2.45) is 11.7 Å². The molecule has 0 unspecified atom stereocenters. The average molecular weight is 426 g/mol. The molecule has 0 saturated heterocycles. The number of rotatable bonds is 5. The summed E-state index contributed by atoms with van der Waals surface area (Å²) in [5.74, 6) is 12.0. The van der Waals surface area contributed by atoms with Gasteiger partial charge in [-0.2, -0.15) is 0 Å². The number of hydrogen-bond donors (Lipinski definition) is 2. The first-order valence-electron chi connectivity index (χ1n) is 9.30. The zero-order valence-electron chi connectivity index (χ0n) is 17.1. The minimum Gasteiger partial charge on any atom is -0.473 e. The van der Waals surface area contributed by atoms with Gasteiger partial charge in [0, 0.05) is 29.3 Å². The molecule has 4 N–H and O–H groups in total. The summed E-state index contributed by atoms with van der Waals surface area (Å²) in [4.78, 5) is 16.8. The number of nitrogens with zero attached hydrogens (tertiary/aromatic N) is 3. The number of pyridine rings is 1. The molecule has 0 aliphatic rings. The lowest BCUT2D eigenvalue weighted by Crippen LogP contribution is -2.49. The maximum absolute atomic E-state index is 12.2. The van der Waals surface area contributed by atoms with Crippen LogP contribution in [0.4, 0.5) is 10.5 Å². The Morgan fingerprint density at radius 1 is 1.07 bits per heavy atom. The second kappa shape index (κ2) is 9.13. The van der Waals surface area contributed by atoms with Gasteiger partial charge >= 0.3 is 6.03 Å². The lowest BCUT2D eigenvalue weighted by Gasteiger charge is -2.24. The molecule has 2 amide bonds. The van der Waals surface area contributed by atoms with Crippen LogP contribution in [0.5, 0.6) is 5.88 Å². The number of carbonyl (C=O) groups excluding carboxylic acids is 1. The molecule has 7 nitrogen and oxygen atoms in total. The molecule has 3 aromatic rings. The van der Waals surface area contributed by atoms with Gasteiger partial charge < -0.3 is 4.74 Å². The van der Waals surface area contributed by atoms with E-state index >= 15 is 0 Å². The third kappa shape index (κ3) is 4.71. The van der Waals surface area contributed by atoms with Crippen molar-refractivity contribution in [2.45, 2.75) is 20.5 Å². The summed E-state index contributed by atoms with van der Waals surface area (Å²) in [6, 6.07) is 16.2. The molecule has 0 bridgehead atoms. The highest BCUT2D eigenvalue weighted by molar-refractivity contribution is 6.30. The first-order valence-corrected chi connectivity index (χ1v) is 9.68. The SMILES string of the molecule is Cc1cc(Cl)ccc1-c1cccc(OCc2c(C)cccc2N(N)C(=O)N(C)N)n1. The van der Waals surface area contributed by atoms with E-state index in [0.29, 0.717) is 16.6 Å². The van der Waals surface area contributed by atoms with Gasteiger partial charge in [0.05, 0.1) is 11.4 Å². The molecule has 156 valence electrons. The minimum absolute atomic E-state index is 0.188. The lowest BCUT2D eigenvalue weighted by atomic mass is 10.1. The van der Waals surface area contributed by atoms with Crippen LogP contribution in [0, 0.1) is 13.8 Å². The molecule has 0 saturated carbocycles. The van der Waals surface area contributed by atoms with Crippen molar-refractivity contribution in [2.75, 3.05) is 12.1 Å². The molecule has 1 aromatic heterocycles. The number of anilines is 1. The number of halogens is 1. The van der Waals surface area contributed by atoms with Crippen LogP contribution in [-0.4, -0.2) is 23.1 Å². The Morgan fingerprint density at radius 3 is 2.50 bits per heavy atom. The standard InChI is InChI=1S/C22H24ClN5O2/c1-14-6-4-8-20(28(25)22(29)27(3)24)18(14)13-30-21-9-5-7-19(26-21)17-11-10-16(23)12-15(17)2/h4-12H,13,24-25H2,1-3H3. The number of amides is 2. The maximum Gasteiger partial charge on any atom is 0.352 e. The van der Waals surface area contributed by atoms with Crippen LogP contribution in [-0.2, 0) is 6.61 Å². The Morgan fingerprint density at radius 2 is 1.80 bits per heavy atom.